The SMILES string of the molecule is Cc1cncc(Nc2cc3nc4ccccc4n(C4=CC=C(F)CC4)c-3c/c2=N\C2CCC2)c1. The van der Waals surface area contributed by atoms with Crippen molar-refractivity contribution < 1.29 is 4.39 Å². The maximum atomic E-state index is 13.8. The third-order valence-corrected chi connectivity index (χ3v) is 6.61. The van der Waals surface area contributed by atoms with Gasteiger partial charge in [0.1, 0.15) is 5.83 Å². The Hall–Kier alpha value is -3.80. The molecule has 34 heavy (non-hydrogen) atoms. The second-order valence-corrected chi connectivity index (χ2v) is 9.16. The highest BCUT2D eigenvalue weighted by Crippen LogP contribution is 2.34. The first-order chi connectivity index (χ1) is 16.6. The molecule has 5 nitrogen and oxygen atoms in total. The standard InChI is InChI=1S/C28H26FN5/c1-18-13-21(17-30-16-18)32-24-14-26-28(15-25(24)31-20-5-4-6-20)34(22-11-9-19(29)10-12-22)27-8-3-2-7-23(27)33-26/h2-3,7-9,11,13-17,20,32H,4-6,10,12H2,1H3/b31-25+. The molecule has 6 heteroatoms. The zero-order valence-electron chi connectivity index (χ0n) is 19.1. The first-order valence-electron chi connectivity index (χ1n) is 11.9. The molecule has 3 aliphatic carbocycles. The number of nitrogens with one attached hydrogen (secondary N) is 1. The molecule has 1 saturated carbocycles. The van der Waals surface area contributed by atoms with Crippen molar-refractivity contribution in [1.82, 2.24) is 14.5 Å². The molecule has 0 radical (unpaired) electrons. The normalized spacial score (nSPS) is 16.9. The lowest BCUT2D eigenvalue weighted by Gasteiger charge is -2.24. The summed E-state index contributed by atoms with van der Waals surface area (Å²) >= 11 is 0. The lowest BCUT2D eigenvalue weighted by molar-refractivity contribution is 0.413. The number of hydrogen-bond acceptors (Lipinski definition) is 4. The number of fused-ring (bicyclic) bond motifs is 2. The van der Waals surface area contributed by atoms with Gasteiger partial charge in [-0.25, -0.2) is 9.37 Å². The fourth-order valence-electron chi connectivity index (χ4n) is 4.64. The van der Waals surface area contributed by atoms with Crippen LogP contribution in [-0.2, 0) is 0 Å². The van der Waals surface area contributed by atoms with E-state index in [0.717, 1.165) is 63.3 Å². The predicted octanol–water partition coefficient (Wildman–Crippen LogP) is 6.53. The average molecular weight is 452 g/mol. The van der Waals surface area contributed by atoms with Crippen LogP contribution in [0.25, 0.3) is 28.1 Å². The molecule has 2 aromatic rings. The fraction of sp³-hybridized carbons (Fsp3) is 0.250. The summed E-state index contributed by atoms with van der Waals surface area (Å²) in [6.07, 6.45) is 11.7. The topological polar surface area (TPSA) is 55.1 Å². The van der Waals surface area contributed by atoms with E-state index in [0.29, 0.717) is 18.9 Å². The van der Waals surface area contributed by atoms with Gasteiger partial charge in [0.05, 0.1) is 51.4 Å². The summed E-state index contributed by atoms with van der Waals surface area (Å²) in [5, 5.41) is 4.45. The van der Waals surface area contributed by atoms with E-state index in [9.17, 15) is 4.39 Å². The van der Waals surface area contributed by atoms with Crippen LogP contribution in [0.4, 0.5) is 15.8 Å². The van der Waals surface area contributed by atoms with Crippen molar-refractivity contribution in [2.45, 2.75) is 45.1 Å². The Morgan fingerprint density at radius 3 is 2.71 bits per heavy atom. The van der Waals surface area contributed by atoms with Gasteiger partial charge < -0.3 is 9.88 Å². The highest BCUT2D eigenvalue weighted by atomic mass is 19.1. The van der Waals surface area contributed by atoms with Crippen molar-refractivity contribution in [2.24, 2.45) is 4.99 Å². The van der Waals surface area contributed by atoms with Crippen molar-refractivity contribution in [3.8, 4) is 11.4 Å². The second kappa shape index (κ2) is 8.52. The van der Waals surface area contributed by atoms with Gasteiger partial charge in [-0.1, -0.05) is 12.1 Å². The van der Waals surface area contributed by atoms with E-state index >= 15 is 0 Å². The smallest absolute Gasteiger partial charge is 0.100 e. The van der Waals surface area contributed by atoms with E-state index < -0.39 is 0 Å². The molecule has 0 spiro atoms. The summed E-state index contributed by atoms with van der Waals surface area (Å²) in [6.45, 7) is 2.03. The quantitative estimate of drug-likeness (QED) is 0.359. The molecule has 1 aromatic carbocycles. The minimum Gasteiger partial charge on any atom is -0.352 e. The van der Waals surface area contributed by atoms with Gasteiger partial charge in [-0.3, -0.25) is 9.98 Å². The van der Waals surface area contributed by atoms with Crippen molar-refractivity contribution in [2.75, 3.05) is 5.32 Å². The van der Waals surface area contributed by atoms with Crippen LogP contribution in [0.2, 0.25) is 0 Å². The summed E-state index contributed by atoms with van der Waals surface area (Å²) in [5.74, 6) is -0.0778. The highest BCUT2D eigenvalue weighted by Gasteiger charge is 2.21. The van der Waals surface area contributed by atoms with Gasteiger partial charge in [0.2, 0.25) is 0 Å². The minimum atomic E-state index is -0.0778. The number of halogens is 1. The zero-order chi connectivity index (χ0) is 23.1. The van der Waals surface area contributed by atoms with Crippen LogP contribution in [0.1, 0.15) is 37.7 Å². The van der Waals surface area contributed by atoms with Crippen molar-refractivity contribution >= 4 is 28.1 Å². The van der Waals surface area contributed by atoms with Crippen LogP contribution >= 0.6 is 0 Å². The van der Waals surface area contributed by atoms with Gasteiger partial charge >= 0.3 is 0 Å². The van der Waals surface area contributed by atoms with Gasteiger partial charge in [-0.05, 0) is 80.7 Å². The predicted molar refractivity (Wildman–Crippen MR) is 135 cm³/mol. The average Bonchev–Trinajstić information content (AvgIpc) is 2.81. The zero-order valence-corrected chi connectivity index (χ0v) is 19.1. The Labute approximate surface area is 197 Å². The van der Waals surface area contributed by atoms with Crippen LogP contribution in [0.5, 0.6) is 0 Å². The molecule has 0 unspecified atom stereocenters. The van der Waals surface area contributed by atoms with E-state index in [4.69, 9.17) is 9.98 Å². The van der Waals surface area contributed by atoms with Crippen LogP contribution in [0.3, 0.4) is 0 Å². The molecule has 0 amide bonds. The molecular weight excluding hydrogens is 425 g/mol. The number of nitrogens with zero attached hydrogens (tertiary/aromatic N) is 4. The molecule has 0 bridgehead atoms. The fourth-order valence-corrected chi connectivity index (χ4v) is 4.64. The molecule has 2 heterocycles. The Balaban J connectivity index is 1.61. The Kier molecular flexibility index (Phi) is 5.21. The molecule has 170 valence electrons. The Bertz CT molecular complexity index is 1490. The summed E-state index contributed by atoms with van der Waals surface area (Å²) in [7, 11) is 0. The van der Waals surface area contributed by atoms with Crippen LogP contribution < -0.4 is 10.7 Å². The largest absolute Gasteiger partial charge is 0.352 e. The molecule has 4 aliphatic rings. The van der Waals surface area contributed by atoms with Gasteiger partial charge in [0, 0.05) is 18.3 Å². The van der Waals surface area contributed by atoms with Gasteiger partial charge in [0.25, 0.3) is 0 Å². The molecule has 0 atom stereocenters. The number of rotatable bonds is 4. The number of aromatic nitrogens is 3. The second-order valence-electron chi connectivity index (χ2n) is 9.16. The first-order valence-corrected chi connectivity index (χ1v) is 11.9. The molecule has 1 aromatic heterocycles. The number of benzene rings is 2. The molecule has 1 N–H and O–H groups in total. The Morgan fingerprint density at radius 2 is 1.94 bits per heavy atom. The summed E-state index contributed by atoms with van der Waals surface area (Å²) < 4.78 is 16.0. The third kappa shape index (κ3) is 3.89. The maximum absolute atomic E-state index is 13.8. The van der Waals surface area contributed by atoms with E-state index in [-0.39, 0.29) is 5.83 Å². The van der Waals surface area contributed by atoms with Crippen molar-refractivity contribution in [3.63, 3.8) is 0 Å². The van der Waals surface area contributed by atoms with Crippen LogP contribution in [-0.4, -0.2) is 20.6 Å². The molecule has 1 aliphatic heterocycles. The summed E-state index contributed by atoms with van der Waals surface area (Å²) in [6, 6.07) is 14.8. The number of para-hydroxylation sites is 2. The van der Waals surface area contributed by atoms with Gasteiger partial charge in [-0.15, -0.1) is 0 Å². The lowest BCUT2D eigenvalue weighted by atomic mass is 9.94. The summed E-state index contributed by atoms with van der Waals surface area (Å²) in [5.41, 5.74) is 7.75. The van der Waals surface area contributed by atoms with Crippen LogP contribution in [0, 0.1) is 6.92 Å². The summed E-state index contributed by atoms with van der Waals surface area (Å²) in [4.78, 5) is 14.4. The van der Waals surface area contributed by atoms with E-state index in [1.54, 1.807) is 6.08 Å². The highest BCUT2D eigenvalue weighted by molar-refractivity contribution is 5.86. The number of anilines is 2. The monoisotopic (exact) mass is 451 g/mol. The van der Waals surface area contributed by atoms with Crippen LogP contribution in [0.15, 0.2) is 77.8 Å². The van der Waals surface area contributed by atoms with Gasteiger partial charge in [0.15, 0.2) is 0 Å². The molecular formula is C28H26FN5. The van der Waals surface area contributed by atoms with E-state index in [2.05, 4.69) is 39.1 Å². The molecule has 6 rings (SSSR count). The maximum Gasteiger partial charge on any atom is 0.100 e. The lowest BCUT2D eigenvalue weighted by Crippen LogP contribution is -2.22. The number of hydrogen-bond donors (Lipinski definition) is 1. The van der Waals surface area contributed by atoms with Crippen molar-refractivity contribution in [3.05, 3.63) is 83.8 Å². The Morgan fingerprint density at radius 1 is 1.06 bits per heavy atom. The van der Waals surface area contributed by atoms with E-state index in [1.807, 2.05) is 43.6 Å². The minimum absolute atomic E-state index is 0.0778. The molecule has 1 fully saturated rings. The first kappa shape index (κ1) is 20.8. The number of aryl methyl sites for hydroxylation is 1. The number of pyridine rings is 1. The third-order valence-electron chi connectivity index (χ3n) is 6.61. The molecule has 0 saturated heterocycles. The van der Waals surface area contributed by atoms with Crippen molar-refractivity contribution in [1.29, 1.82) is 0 Å². The number of allylic oxidation sites excluding steroid dienone is 4. The van der Waals surface area contributed by atoms with Gasteiger partial charge in [-0.2, -0.15) is 0 Å². The van der Waals surface area contributed by atoms with E-state index in [1.165, 1.54) is 6.42 Å².